The molecule has 0 unspecified atom stereocenters. The fourth-order valence-corrected chi connectivity index (χ4v) is 2.59. The van der Waals surface area contributed by atoms with Gasteiger partial charge in [0.2, 0.25) is 0 Å². The summed E-state index contributed by atoms with van der Waals surface area (Å²) in [6.07, 6.45) is 1.28. The van der Waals surface area contributed by atoms with Gasteiger partial charge in [0, 0.05) is 4.90 Å². The predicted molar refractivity (Wildman–Crippen MR) is 71.1 cm³/mol. The molecule has 3 nitrogen and oxygen atoms in total. The highest BCUT2D eigenvalue weighted by Gasteiger charge is 2.09. The molecule has 0 aliphatic heterocycles. The van der Waals surface area contributed by atoms with Crippen molar-refractivity contribution in [3.8, 4) is 0 Å². The summed E-state index contributed by atoms with van der Waals surface area (Å²) in [6.45, 7) is 4.12. The van der Waals surface area contributed by atoms with Crippen molar-refractivity contribution >= 4 is 17.7 Å². The van der Waals surface area contributed by atoms with Gasteiger partial charge in [-0.1, -0.05) is 17.7 Å². The summed E-state index contributed by atoms with van der Waals surface area (Å²) in [6, 6.07) is 7.86. The fourth-order valence-electron chi connectivity index (χ4n) is 1.58. The van der Waals surface area contributed by atoms with E-state index in [9.17, 15) is 4.79 Å². The van der Waals surface area contributed by atoms with Gasteiger partial charge in [-0.15, -0.1) is 11.8 Å². The van der Waals surface area contributed by atoms with Crippen molar-refractivity contribution in [1.82, 2.24) is 0 Å². The Hall–Kier alpha value is -1.68. The zero-order valence-electron chi connectivity index (χ0n) is 10.3. The molecule has 0 spiro atoms. The third-order valence-corrected chi connectivity index (χ3v) is 3.79. The number of carboxylic acids is 1. The van der Waals surface area contributed by atoms with E-state index in [1.54, 1.807) is 17.8 Å². The maximum Gasteiger partial charge on any atom is 0.338 e. The van der Waals surface area contributed by atoms with Crippen molar-refractivity contribution in [2.24, 2.45) is 0 Å². The van der Waals surface area contributed by atoms with Crippen LogP contribution in [0.15, 0.2) is 39.8 Å². The molecule has 1 aromatic heterocycles. The van der Waals surface area contributed by atoms with Crippen LogP contribution in [0.25, 0.3) is 0 Å². The topological polar surface area (TPSA) is 50.4 Å². The summed E-state index contributed by atoms with van der Waals surface area (Å²) < 4.78 is 5.22. The van der Waals surface area contributed by atoms with Gasteiger partial charge >= 0.3 is 5.97 Å². The van der Waals surface area contributed by atoms with Crippen molar-refractivity contribution in [3.05, 3.63) is 53.0 Å². The molecule has 0 fully saturated rings. The first-order valence-corrected chi connectivity index (χ1v) is 6.55. The highest BCUT2D eigenvalue weighted by Crippen LogP contribution is 2.27. The second kappa shape index (κ2) is 5.31. The number of carboxylic acid groups (broad SMARTS) is 1. The third-order valence-electron chi connectivity index (χ3n) is 2.61. The Morgan fingerprint density at radius 2 is 2.11 bits per heavy atom. The summed E-state index contributed by atoms with van der Waals surface area (Å²) in [5.74, 6) is 0.359. The van der Waals surface area contributed by atoms with Gasteiger partial charge in [-0.25, -0.2) is 4.79 Å². The number of benzene rings is 1. The molecule has 2 rings (SSSR count). The Labute approximate surface area is 110 Å². The first-order chi connectivity index (χ1) is 8.56. The minimum atomic E-state index is -0.957. The van der Waals surface area contributed by atoms with Crippen LogP contribution >= 0.6 is 11.8 Å². The van der Waals surface area contributed by atoms with Gasteiger partial charge in [0.1, 0.15) is 12.0 Å². The minimum Gasteiger partial charge on any atom is -0.478 e. The van der Waals surface area contributed by atoms with E-state index in [0.717, 1.165) is 0 Å². The van der Waals surface area contributed by atoms with Crippen LogP contribution in [-0.4, -0.2) is 11.1 Å². The lowest BCUT2D eigenvalue weighted by Crippen LogP contribution is -1.91. The van der Waals surface area contributed by atoms with E-state index < -0.39 is 5.97 Å². The van der Waals surface area contributed by atoms with E-state index in [0.29, 0.717) is 11.5 Å². The SMILES string of the molecule is Cc1ccc(C)c(SCc2cc(C(=O)O)co2)c1. The van der Waals surface area contributed by atoms with E-state index in [2.05, 4.69) is 32.0 Å². The molecule has 0 aliphatic rings. The van der Waals surface area contributed by atoms with Crippen LogP contribution in [-0.2, 0) is 5.75 Å². The molecule has 0 aliphatic carbocycles. The number of hydrogen-bond acceptors (Lipinski definition) is 3. The number of aromatic carboxylic acids is 1. The van der Waals surface area contributed by atoms with E-state index in [1.165, 1.54) is 22.3 Å². The van der Waals surface area contributed by atoms with Crippen LogP contribution < -0.4 is 0 Å². The summed E-state index contributed by atoms with van der Waals surface area (Å²) in [5, 5.41) is 8.80. The highest BCUT2D eigenvalue weighted by atomic mass is 32.2. The molecule has 0 bridgehead atoms. The molecule has 0 radical (unpaired) electrons. The van der Waals surface area contributed by atoms with Crippen molar-refractivity contribution in [2.75, 3.05) is 0 Å². The summed E-state index contributed by atoms with van der Waals surface area (Å²) in [5.41, 5.74) is 2.64. The van der Waals surface area contributed by atoms with E-state index in [-0.39, 0.29) is 5.56 Å². The quantitative estimate of drug-likeness (QED) is 0.849. The average Bonchev–Trinajstić information content (AvgIpc) is 2.79. The maximum absolute atomic E-state index is 10.7. The molecule has 18 heavy (non-hydrogen) atoms. The van der Waals surface area contributed by atoms with Crippen molar-refractivity contribution in [1.29, 1.82) is 0 Å². The van der Waals surface area contributed by atoms with Gasteiger partial charge in [-0.3, -0.25) is 0 Å². The molecule has 0 atom stereocenters. The van der Waals surface area contributed by atoms with E-state index >= 15 is 0 Å². The number of thioether (sulfide) groups is 1. The van der Waals surface area contributed by atoms with Crippen LogP contribution in [0.5, 0.6) is 0 Å². The second-order valence-corrected chi connectivity index (χ2v) is 5.18. The number of rotatable bonds is 4. The van der Waals surface area contributed by atoms with Crippen molar-refractivity contribution < 1.29 is 14.3 Å². The third kappa shape index (κ3) is 2.96. The molecule has 2 aromatic rings. The number of furan rings is 1. The standard InChI is InChI=1S/C14H14O3S/c1-9-3-4-10(2)13(5-9)18-8-12-6-11(7-17-12)14(15)16/h3-7H,8H2,1-2H3,(H,15,16). The summed E-state index contributed by atoms with van der Waals surface area (Å²) in [4.78, 5) is 11.9. The van der Waals surface area contributed by atoms with Crippen LogP contribution in [0.1, 0.15) is 27.2 Å². The van der Waals surface area contributed by atoms with Crippen molar-refractivity contribution in [3.63, 3.8) is 0 Å². The number of carbonyl (C=O) groups is 1. The monoisotopic (exact) mass is 262 g/mol. The lowest BCUT2D eigenvalue weighted by Gasteiger charge is -2.05. The lowest BCUT2D eigenvalue weighted by atomic mass is 10.2. The van der Waals surface area contributed by atoms with Crippen LogP contribution in [0.4, 0.5) is 0 Å². The van der Waals surface area contributed by atoms with Crippen molar-refractivity contribution in [2.45, 2.75) is 24.5 Å². The van der Waals surface area contributed by atoms with Gasteiger partial charge in [-0.2, -0.15) is 0 Å². The van der Waals surface area contributed by atoms with Crippen LogP contribution in [0, 0.1) is 13.8 Å². The largest absolute Gasteiger partial charge is 0.478 e. The molecular weight excluding hydrogens is 248 g/mol. The number of hydrogen-bond donors (Lipinski definition) is 1. The van der Waals surface area contributed by atoms with Gasteiger partial charge < -0.3 is 9.52 Å². The van der Waals surface area contributed by atoms with Crippen LogP contribution in [0.3, 0.4) is 0 Å². The van der Waals surface area contributed by atoms with E-state index in [1.807, 2.05) is 0 Å². The molecule has 0 saturated heterocycles. The first kappa shape index (κ1) is 12.8. The fraction of sp³-hybridized carbons (Fsp3) is 0.214. The molecule has 1 heterocycles. The van der Waals surface area contributed by atoms with Gasteiger partial charge in [0.05, 0.1) is 11.3 Å². The van der Waals surface area contributed by atoms with Gasteiger partial charge in [0.25, 0.3) is 0 Å². The molecule has 4 heteroatoms. The smallest absolute Gasteiger partial charge is 0.338 e. The molecule has 1 aromatic carbocycles. The zero-order chi connectivity index (χ0) is 13.1. The molecule has 0 amide bonds. The average molecular weight is 262 g/mol. The number of aryl methyl sites for hydroxylation is 2. The lowest BCUT2D eigenvalue weighted by molar-refractivity contribution is 0.0696. The Balaban J connectivity index is 2.06. The minimum absolute atomic E-state index is 0.201. The Morgan fingerprint density at radius 1 is 1.33 bits per heavy atom. The maximum atomic E-state index is 10.7. The predicted octanol–water partition coefficient (Wildman–Crippen LogP) is 3.89. The normalized spacial score (nSPS) is 10.6. The van der Waals surface area contributed by atoms with Gasteiger partial charge in [-0.05, 0) is 31.5 Å². The molecule has 1 N–H and O–H groups in total. The second-order valence-electron chi connectivity index (χ2n) is 4.16. The van der Waals surface area contributed by atoms with E-state index in [4.69, 9.17) is 9.52 Å². The van der Waals surface area contributed by atoms with Gasteiger partial charge in [0.15, 0.2) is 0 Å². The Bertz CT molecular complexity index is 572. The summed E-state index contributed by atoms with van der Waals surface area (Å²) in [7, 11) is 0. The zero-order valence-corrected chi connectivity index (χ0v) is 11.1. The first-order valence-electron chi connectivity index (χ1n) is 5.57. The summed E-state index contributed by atoms with van der Waals surface area (Å²) >= 11 is 1.65. The Kier molecular flexibility index (Phi) is 3.77. The Morgan fingerprint density at radius 3 is 2.78 bits per heavy atom. The molecule has 94 valence electrons. The highest BCUT2D eigenvalue weighted by molar-refractivity contribution is 7.98. The molecule has 0 saturated carbocycles. The van der Waals surface area contributed by atoms with Crippen LogP contribution in [0.2, 0.25) is 0 Å². The molecular formula is C14H14O3S.